The first-order valence-corrected chi connectivity index (χ1v) is 7.19. The fourth-order valence-electron chi connectivity index (χ4n) is 1.54. The lowest BCUT2D eigenvalue weighted by atomic mass is 10.1. The smallest absolute Gasteiger partial charge is 0.325 e. The lowest BCUT2D eigenvalue weighted by molar-refractivity contribution is -0.384. The number of hydrogen-bond donors (Lipinski definition) is 2. The van der Waals surface area contributed by atoms with E-state index in [1.54, 1.807) is 6.92 Å². The number of hydrogen-bond acceptors (Lipinski definition) is 7. The molecule has 0 saturated carbocycles. The van der Waals surface area contributed by atoms with Gasteiger partial charge in [0.2, 0.25) is 0 Å². The van der Waals surface area contributed by atoms with Crippen LogP contribution in [0.25, 0.3) is 0 Å². The van der Waals surface area contributed by atoms with E-state index in [9.17, 15) is 27.7 Å². The molecular weight excluding hydrogens is 307 g/mol. The molecule has 0 aliphatic heterocycles. The Labute approximate surface area is 121 Å². The predicted molar refractivity (Wildman–Crippen MR) is 72.2 cm³/mol. The average Bonchev–Trinajstić information content (AvgIpc) is 2.38. The molecule has 0 heterocycles. The van der Waals surface area contributed by atoms with Crippen LogP contribution >= 0.6 is 0 Å². The number of esters is 1. The first kappa shape index (κ1) is 16.8. The summed E-state index contributed by atoms with van der Waals surface area (Å²) >= 11 is 0. The van der Waals surface area contributed by atoms with Gasteiger partial charge in [-0.25, -0.2) is 12.8 Å². The van der Waals surface area contributed by atoms with Gasteiger partial charge in [-0.1, -0.05) is 0 Å². The SMILES string of the molecule is CCOC(=O)CNc1cc(F)c(C[SH](=O)=O)cc1[N+](=O)[O-]. The van der Waals surface area contributed by atoms with Crippen LogP contribution in [0.1, 0.15) is 12.5 Å². The summed E-state index contributed by atoms with van der Waals surface area (Å²) in [6, 6.07) is 1.61. The molecule has 1 N–H and O–H groups in total. The van der Waals surface area contributed by atoms with Crippen molar-refractivity contribution in [2.24, 2.45) is 0 Å². The molecule has 0 bridgehead atoms. The maximum Gasteiger partial charge on any atom is 0.325 e. The molecule has 0 unspecified atom stereocenters. The summed E-state index contributed by atoms with van der Waals surface area (Å²) in [5.74, 6) is -2.20. The topological polar surface area (TPSA) is 116 Å². The van der Waals surface area contributed by atoms with Crippen LogP contribution in [0, 0.1) is 15.9 Å². The van der Waals surface area contributed by atoms with Gasteiger partial charge < -0.3 is 10.1 Å². The molecular formula is C11H13FN2O6S. The van der Waals surface area contributed by atoms with E-state index in [2.05, 4.69) is 10.1 Å². The molecule has 1 aromatic rings. The number of thiol groups is 1. The van der Waals surface area contributed by atoms with E-state index in [0.717, 1.165) is 12.1 Å². The van der Waals surface area contributed by atoms with Gasteiger partial charge >= 0.3 is 5.97 Å². The number of halogens is 1. The van der Waals surface area contributed by atoms with Gasteiger partial charge in [-0.15, -0.1) is 0 Å². The third-order valence-corrected chi connectivity index (χ3v) is 2.99. The van der Waals surface area contributed by atoms with E-state index in [0.29, 0.717) is 0 Å². The Morgan fingerprint density at radius 1 is 1.48 bits per heavy atom. The fraction of sp³-hybridized carbons (Fsp3) is 0.364. The second-order valence-electron chi connectivity index (χ2n) is 3.87. The first-order valence-electron chi connectivity index (χ1n) is 5.83. The number of carbonyl (C=O) groups is 1. The van der Waals surface area contributed by atoms with Crippen LogP contribution in [-0.4, -0.2) is 32.5 Å². The van der Waals surface area contributed by atoms with E-state index >= 15 is 0 Å². The van der Waals surface area contributed by atoms with E-state index in [1.807, 2.05) is 0 Å². The summed E-state index contributed by atoms with van der Waals surface area (Å²) in [4.78, 5) is 21.3. The van der Waals surface area contributed by atoms with Gasteiger partial charge in [0.1, 0.15) is 28.8 Å². The highest BCUT2D eigenvalue weighted by molar-refractivity contribution is 7.71. The zero-order valence-electron chi connectivity index (χ0n) is 11.0. The quantitative estimate of drug-likeness (QED) is 0.331. The van der Waals surface area contributed by atoms with Crippen LogP contribution in [0.5, 0.6) is 0 Å². The lowest BCUT2D eigenvalue weighted by Crippen LogP contribution is -2.17. The second-order valence-corrected chi connectivity index (χ2v) is 4.85. The van der Waals surface area contributed by atoms with Gasteiger partial charge in [-0.05, 0) is 6.92 Å². The molecule has 0 atom stereocenters. The summed E-state index contributed by atoms with van der Waals surface area (Å²) in [6.45, 7) is 1.37. The molecule has 1 aromatic carbocycles. The standard InChI is InChI=1S/C11H13FN2O6S/c1-2-20-11(15)5-13-9-4-8(12)7(6-21(18)19)3-10(9)14(16)17/h3-4,13,21H,2,5-6H2,1H3. The molecule has 0 fully saturated rings. The minimum Gasteiger partial charge on any atom is -0.465 e. The molecule has 116 valence electrons. The molecule has 0 aliphatic carbocycles. The molecule has 1 rings (SSSR count). The Bertz CT molecular complexity index is 623. The van der Waals surface area contributed by atoms with Crippen molar-refractivity contribution in [2.75, 3.05) is 18.5 Å². The molecule has 8 nitrogen and oxygen atoms in total. The Balaban J connectivity index is 3.05. The van der Waals surface area contributed by atoms with E-state index in [-0.39, 0.29) is 24.4 Å². The first-order chi connectivity index (χ1) is 9.85. The van der Waals surface area contributed by atoms with Crippen molar-refractivity contribution in [1.29, 1.82) is 0 Å². The van der Waals surface area contributed by atoms with Gasteiger partial charge in [0.25, 0.3) is 5.69 Å². The minimum absolute atomic E-state index is 0.145. The lowest BCUT2D eigenvalue weighted by Gasteiger charge is -2.08. The van der Waals surface area contributed by atoms with Crippen LogP contribution in [-0.2, 0) is 26.0 Å². The van der Waals surface area contributed by atoms with Crippen LogP contribution in [0.3, 0.4) is 0 Å². The zero-order chi connectivity index (χ0) is 16.0. The van der Waals surface area contributed by atoms with E-state index in [4.69, 9.17) is 0 Å². The monoisotopic (exact) mass is 320 g/mol. The number of ether oxygens (including phenoxy) is 1. The van der Waals surface area contributed by atoms with Crippen molar-refractivity contribution in [1.82, 2.24) is 0 Å². The van der Waals surface area contributed by atoms with Crippen LogP contribution < -0.4 is 5.32 Å². The van der Waals surface area contributed by atoms with Crippen molar-refractivity contribution in [2.45, 2.75) is 12.7 Å². The van der Waals surface area contributed by atoms with E-state index in [1.165, 1.54) is 0 Å². The molecule has 10 heteroatoms. The number of benzene rings is 1. The molecule has 0 saturated heterocycles. The highest BCUT2D eigenvalue weighted by Gasteiger charge is 2.19. The van der Waals surface area contributed by atoms with Gasteiger partial charge in [-0.2, -0.15) is 0 Å². The maximum atomic E-state index is 13.7. The molecule has 21 heavy (non-hydrogen) atoms. The Kier molecular flexibility index (Phi) is 6.03. The van der Waals surface area contributed by atoms with Crippen molar-refractivity contribution in [3.63, 3.8) is 0 Å². The van der Waals surface area contributed by atoms with Crippen LogP contribution in [0.2, 0.25) is 0 Å². The number of nitrogens with one attached hydrogen (secondary N) is 1. The summed E-state index contributed by atoms with van der Waals surface area (Å²) < 4.78 is 39.5. The summed E-state index contributed by atoms with van der Waals surface area (Å²) in [5, 5.41) is 13.3. The predicted octanol–water partition coefficient (Wildman–Crippen LogP) is 0.820. The maximum absolute atomic E-state index is 13.7. The fourth-order valence-corrected chi connectivity index (χ4v) is 2.06. The molecule has 0 aliphatic rings. The third-order valence-electron chi connectivity index (χ3n) is 2.39. The summed E-state index contributed by atoms with van der Waals surface area (Å²) in [6.07, 6.45) is 0. The number of nitro benzene ring substituents is 1. The van der Waals surface area contributed by atoms with Crippen molar-refractivity contribution >= 4 is 28.0 Å². The Hall–Kier alpha value is -2.23. The largest absolute Gasteiger partial charge is 0.465 e. The Morgan fingerprint density at radius 2 is 2.14 bits per heavy atom. The number of nitrogens with zero attached hydrogens (tertiary/aromatic N) is 1. The minimum atomic E-state index is -2.91. The summed E-state index contributed by atoms with van der Waals surface area (Å²) in [5.41, 5.74) is -1.05. The molecule has 0 radical (unpaired) electrons. The van der Waals surface area contributed by atoms with Crippen molar-refractivity contribution in [3.05, 3.63) is 33.6 Å². The Morgan fingerprint density at radius 3 is 2.67 bits per heavy atom. The number of anilines is 1. The highest BCUT2D eigenvalue weighted by atomic mass is 32.2. The van der Waals surface area contributed by atoms with E-state index < -0.39 is 38.9 Å². The third kappa shape index (κ3) is 4.99. The molecule has 0 amide bonds. The van der Waals surface area contributed by atoms with Crippen LogP contribution in [0.4, 0.5) is 15.8 Å². The van der Waals surface area contributed by atoms with Crippen molar-refractivity contribution < 1.29 is 27.3 Å². The average molecular weight is 320 g/mol. The van der Waals surface area contributed by atoms with Crippen LogP contribution in [0.15, 0.2) is 12.1 Å². The van der Waals surface area contributed by atoms with Gasteiger partial charge in [0.15, 0.2) is 0 Å². The zero-order valence-corrected chi connectivity index (χ0v) is 11.9. The second kappa shape index (κ2) is 7.53. The van der Waals surface area contributed by atoms with Gasteiger partial charge in [0, 0.05) is 17.7 Å². The van der Waals surface area contributed by atoms with Gasteiger partial charge in [0.05, 0.1) is 17.3 Å². The molecule has 0 spiro atoms. The molecule has 0 aromatic heterocycles. The normalized spacial score (nSPS) is 10.4. The van der Waals surface area contributed by atoms with Gasteiger partial charge in [-0.3, -0.25) is 14.9 Å². The van der Waals surface area contributed by atoms with Crippen molar-refractivity contribution in [3.8, 4) is 0 Å². The number of rotatable bonds is 7. The number of nitro groups is 1. The highest BCUT2D eigenvalue weighted by Crippen LogP contribution is 2.28. The summed E-state index contributed by atoms with van der Waals surface area (Å²) in [7, 11) is -2.91. The number of carbonyl (C=O) groups excluding carboxylic acids is 1.